The predicted molar refractivity (Wildman–Crippen MR) is 80.6 cm³/mol. The number of nitrogens with one attached hydrogen (secondary N) is 1. The van der Waals surface area contributed by atoms with Crippen LogP contribution in [0.5, 0.6) is 0 Å². The monoisotopic (exact) mass is 293 g/mol. The van der Waals surface area contributed by atoms with Crippen molar-refractivity contribution in [3.63, 3.8) is 0 Å². The van der Waals surface area contributed by atoms with E-state index < -0.39 is 5.54 Å². The molecule has 1 aromatic heterocycles. The fourth-order valence-corrected chi connectivity index (χ4v) is 3.07. The summed E-state index contributed by atoms with van der Waals surface area (Å²) in [6, 6.07) is 7.64. The van der Waals surface area contributed by atoms with Crippen molar-refractivity contribution in [1.29, 1.82) is 0 Å². The molecule has 0 aliphatic heterocycles. The first-order valence-corrected chi connectivity index (χ1v) is 7.33. The highest BCUT2D eigenvalue weighted by Crippen LogP contribution is 2.30. The van der Waals surface area contributed by atoms with Gasteiger partial charge in [0.25, 0.3) is 5.22 Å². The molecule has 108 valence electrons. The van der Waals surface area contributed by atoms with Gasteiger partial charge in [-0.2, -0.15) is 0 Å². The lowest BCUT2D eigenvalue weighted by Crippen LogP contribution is -2.52. The molecular weight excluding hydrogens is 274 g/mol. The first-order chi connectivity index (χ1) is 9.44. The number of aromatic nitrogens is 1. The second kappa shape index (κ2) is 5.85. The van der Waals surface area contributed by atoms with Gasteiger partial charge in [-0.15, -0.1) is 0 Å². The van der Waals surface area contributed by atoms with Crippen LogP contribution in [0.3, 0.4) is 0 Å². The fraction of sp³-hybridized carbons (Fsp3) is 0.429. The first kappa shape index (κ1) is 14.9. The van der Waals surface area contributed by atoms with Crippen LogP contribution in [0.1, 0.15) is 20.3 Å². The van der Waals surface area contributed by atoms with E-state index in [0.717, 1.165) is 11.1 Å². The largest absolute Gasteiger partial charge is 0.431 e. The van der Waals surface area contributed by atoms with Gasteiger partial charge in [0.15, 0.2) is 5.58 Å². The van der Waals surface area contributed by atoms with Gasteiger partial charge >= 0.3 is 0 Å². The number of para-hydroxylation sites is 2. The third kappa shape index (κ3) is 3.13. The molecule has 5 nitrogen and oxygen atoms in total. The smallest absolute Gasteiger partial charge is 0.256 e. The van der Waals surface area contributed by atoms with Crippen LogP contribution >= 0.6 is 11.8 Å². The molecule has 1 amide bonds. The van der Waals surface area contributed by atoms with Crippen molar-refractivity contribution in [2.24, 2.45) is 5.73 Å². The lowest BCUT2D eigenvalue weighted by atomic mass is 9.95. The van der Waals surface area contributed by atoms with E-state index in [9.17, 15) is 4.79 Å². The predicted octanol–water partition coefficient (Wildman–Crippen LogP) is 2.16. The van der Waals surface area contributed by atoms with Crippen LogP contribution in [-0.4, -0.2) is 28.7 Å². The third-order valence-electron chi connectivity index (χ3n) is 3.37. The Balaban J connectivity index is 2.07. The molecule has 2 aromatic rings. The number of nitrogens with zero attached hydrogens (tertiary/aromatic N) is 1. The summed E-state index contributed by atoms with van der Waals surface area (Å²) in [5, 5.41) is 3.74. The number of carbonyl (C=O) groups is 1. The van der Waals surface area contributed by atoms with Crippen molar-refractivity contribution in [2.45, 2.75) is 36.3 Å². The maximum Gasteiger partial charge on any atom is 0.256 e. The number of rotatable bonds is 6. The molecule has 6 heteroatoms. The summed E-state index contributed by atoms with van der Waals surface area (Å²) in [7, 11) is 1.74. The zero-order valence-electron chi connectivity index (χ0n) is 11.8. The van der Waals surface area contributed by atoms with E-state index in [0.29, 0.717) is 11.6 Å². The summed E-state index contributed by atoms with van der Waals surface area (Å²) in [5.41, 5.74) is 6.32. The number of hydrogen-bond donors (Lipinski definition) is 2. The van der Waals surface area contributed by atoms with Gasteiger partial charge in [-0.05, 0) is 32.5 Å². The van der Waals surface area contributed by atoms with E-state index >= 15 is 0 Å². The highest BCUT2D eigenvalue weighted by atomic mass is 32.2. The highest BCUT2D eigenvalue weighted by molar-refractivity contribution is 7.99. The van der Waals surface area contributed by atoms with Crippen LogP contribution in [0.4, 0.5) is 0 Å². The minimum Gasteiger partial charge on any atom is -0.431 e. The Morgan fingerprint density at radius 2 is 2.25 bits per heavy atom. The zero-order valence-corrected chi connectivity index (χ0v) is 12.7. The number of fused-ring (bicyclic) bond motifs is 1. The molecular formula is C14H19N3O2S. The van der Waals surface area contributed by atoms with E-state index in [-0.39, 0.29) is 11.2 Å². The fourth-order valence-electron chi connectivity index (χ4n) is 2.02. The van der Waals surface area contributed by atoms with Gasteiger partial charge in [-0.1, -0.05) is 30.8 Å². The van der Waals surface area contributed by atoms with Crippen LogP contribution in [0.15, 0.2) is 33.9 Å². The minimum atomic E-state index is -0.724. The quantitative estimate of drug-likeness (QED) is 0.798. The van der Waals surface area contributed by atoms with Crippen LogP contribution in [0, 0.1) is 0 Å². The standard InChI is InChI=1S/C14H19N3O2S/c1-9(8-14(2,16-3)12(15)18)20-13-17-10-6-4-5-7-11(10)19-13/h4-7,9,16H,8H2,1-3H3,(H2,15,18). The Bertz CT molecular complexity index is 580. The molecule has 0 aliphatic carbocycles. The van der Waals surface area contributed by atoms with Crippen molar-refractivity contribution in [3.05, 3.63) is 24.3 Å². The van der Waals surface area contributed by atoms with E-state index in [4.69, 9.17) is 10.2 Å². The van der Waals surface area contributed by atoms with Gasteiger partial charge < -0.3 is 15.5 Å². The maximum atomic E-state index is 11.5. The number of primary amides is 1. The second-order valence-electron chi connectivity index (χ2n) is 5.03. The van der Waals surface area contributed by atoms with Gasteiger partial charge in [0.05, 0.1) is 5.54 Å². The molecule has 0 saturated carbocycles. The lowest BCUT2D eigenvalue weighted by molar-refractivity contribution is -0.123. The van der Waals surface area contributed by atoms with Gasteiger partial charge in [0.2, 0.25) is 5.91 Å². The molecule has 2 atom stereocenters. The molecule has 0 spiro atoms. The zero-order chi connectivity index (χ0) is 14.8. The summed E-state index contributed by atoms with van der Waals surface area (Å²) in [6.07, 6.45) is 0.599. The molecule has 1 heterocycles. The molecule has 0 radical (unpaired) electrons. The Morgan fingerprint density at radius 3 is 2.85 bits per heavy atom. The molecule has 0 bridgehead atoms. The van der Waals surface area contributed by atoms with Crippen LogP contribution in [0.25, 0.3) is 11.1 Å². The molecule has 2 rings (SSSR count). The van der Waals surface area contributed by atoms with E-state index in [1.807, 2.05) is 31.2 Å². The Morgan fingerprint density at radius 1 is 1.55 bits per heavy atom. The molecule has 0 aliphatic rings. The SMILES string of the molecule is CNC(C)(CC(C)Sc1nc2ccccc2o1)C(N)=O. The van der Waals surface area contributed by atoms with Crippen LogP contribution < -0.4 is 11.1 Å². The van der Waals surface area contributed by atoms with Gasteiger partial charge in [-0.25, -0.2) is 4.98 Å². The Labute approximate surface area is 122 Å². The number of carbonyl (C=O) groups excluding carboxylic acids is 1. The van der Waals surface area contributed by atoms with Gasteiger partial charge in [-0.3, -0.25) is 4.79 Å². The average Bonchev–Trinajstić information content (AvgIpc) is 2.79. The summed E-state index contributed by atoms with van der Waals surface area (Å²) < 4.78 is 5.66. The minimum absolute atomic E-state index is 0.146. The van der Waals surface area contributed by atoms with E-state index in [2.05, 4.69) is 10.3 Å². The van der Waals surface area contributed by atoms with Crippen molar-refractivity contribution in [2.75, 3.05) is 7.05 Å². The van der Waals surface area contributed by atoms with E-state index in [1.54, 1.807) is 14.0 Å². The third-order valence-corrected chi connectivity index (χ3v) is 4.31. The van der Waals surface area contributed by atoms with Gasteiger partial charge in [0.1, 0.15) is 5.52 Å². The average molecular weight is 293 g/mol. The molecule has 0 saturated heterocycles. The topological polar surface area (TPSA) is 81.2 Å². The molecule has 3 N–H and O–H groups in total. The first-order valence-electron chi connectivity index (χ1n) is 6.45. The van der Waals surface area contributed by atoms with Crippen molar-refractivity contribution in [3.8, 4) is 0 Å². The van der Waals surface area contributed by atoms with Crippen molar-refractivity contribution in [1.82, 2.24) is 10.3 Å². The van der Waals surface area contributed by atoms with Gasteiger partial charge in [0, 0.05) is 5.25 Å². The number of amides is 1. The number of thioether (sulfide) groups is 1. The molecule has 1 aromatic carbocycles. The van der Waals surface area contributed by atoms with Crippen molar-refractivity contribution < 1.29 is 9.21 Å². The summed E-state index contributed by atoms with van der Waals surface area (Å²) in [4.78, 5) is 15.9. The summed E-state index contributed by atoms with van der Waals surface area (Å²) >= 11 is 1.50. The van der Waals surface area contributed by atoms with Crippen LogP contribution in [0.2, 0.25) is 0 Å². The summed E-state index contributed by atoms with van der Waals surface area (Å²) in [6.45, 7) is 3.83. The molecule has 2 unspecified atom stereocenters. The summed E-state index contributed by atoms with van der Waals surface area (Å²) in [5.74, 6) is -0.356. The number of likely N-dealkylation sites (N-methyl/N-ethyl adjacent to an activating group) is 1. The van der Waals surface area contributed by atoms with Crippen molar-refractivity contribution >= 4 is 28.8 Å². The lowest BCUT2D eigenvalue weighted by Gasteiger charge is -2.27. The number of nitrogens with two attached hydrogens (primary N) is 1. The molecule has 20 heavy (non-hydrogen) atoms. The Hall–Kier alpha value is -1.53. The highest BCUT2D eigenvalue weighted by Gasteiger charge is 2.31. The number of benzene rings is 1. The normalized spacial score (nSPS) is 15.9. The number of hydrogen-bond acceptors (Lipinski definition) is 5. The second-order valence-corrected chi connectivity index (χ2v) is 6.42. The van der Waals surface area contributed by atoms with E-state index in [1.165, 1.54) is 11.8 Å². The maximum absolute atomic E-state index is 11.5. The number of oxazole rings is 1. The Kier molecular flexibility index (Phi) is 4.35. The van der Waals surface area contributed by atoms with Crippen LogP contribution in [-0.2, 0) is 4.79 Å². The molecule has 0 fully saturated rings.